The lowest BCUT2D eigenvalue weighted by Crippen LogP contribution is -2.55. The maximum atomic E-state index is 13.0. The Labute approximate surface area is 159 Å². The number of nitrogens with zero attached hydrogens (tertiary/aromatic N) is 3. The number of halogens is 4. The van der Waals surface area contributed by atoms with Crippen LogP contribution in [-0.2, 0) is 14.3 Å². The lowest BCUT2D eigenvalue weighted by Gasteiger charge is -2.44. The molecule has 3 rings (SSSR count). The van der Waals surface area contributed by atoms with Crippen molar-refractivity contribution in [1.82, 2.24) is 9.97 Å². The van der Waals surface area contributed by atoms with E-state index in [4.69, 9.17) is 19.4 Å². The molecule has 7 nitrogen and oxygen atoms in total. The Balaban J connectivity index is 0.000000345. The minimum Gasteiger partial charge on any atom is -0.475 e. The fourth-order valence-electron chi connectivity index (χ4n) is 3.45. The van der Waals surface area contributed by atoms with Crippen LogP contribution in [-0.4, -0.2) is 65.7 Å². The zero-order valence-corrected chi connectivity index (χ0v) is 15.4. The Morgan fingerprint density at radius 2 is 2.07 bits per heavy atom. The van der Waals surface area contributed by atoms with Crippen molar-refractivity contribution in [2.45, 2.75) is 38.0 Å². The predicted molar refractivity (Wildman–Crippen MR) is 90.4 cm³/mol. The fourth-order valence-corrected chi connectivity index (χ4v) is 3.45. The number of alkyl halides is 3. The maximum Gasteiger partial charge on any atom is 0.490 e. The maximum absolute atomic E-state index is 13.0. The zero-order valence-electron chi connectivity index (χ0n) is 15.4. The molecule has 1 saturated heterocycles. The third-order valence-corrected chi connectivity index (χ3v) is 4.76. The van der Waals surface area contributed by atoms with Gasteiger partial charge in [0.25, 0.3) is 0 Å². The third kappa shape index (κ3) is 5.74. The Morgan fingerprint density at radius 3 is 2.64 bits per heavy atom. The first-order valence-electron chi connectivity index (χ1n) is 8.92. The monoisotopic (exact) mass is 409 g/mol. The molecular weight excluding hydrogens is 386 g/mol. The lowest BCUT2D eigenvalue weighted by atomic mass is 9.89. The third-order valence-electron chi connectivity index (χ3n) is 4.76. The number of aliphatic carboxylic acids is 1. The molecule has 1 saturated carbocycles. The van der Waals surface area contributed by atoms with E-state index >= 15 is 0 Å². The molecule has 1 aromatic heterocycles. The highest BCUT2D eigenvalue weighted by Crippen LogP contribution is 2.41. The van der Waals surface area contributed by atoms with Gasteiger partial charge >= 0.3 is 12.1 Å². The van der Waals surface area contributed by atoms with Crippen molar-refractivity contribution >= 4 is 11.9 Å². The highest BCUT2D eigenvalue weighted by molar-refractivity contribution is 5.73. The topological polar surface area (TPSA) is 84.8 Å². The summed E-state index contributed by atoms with van der Waals surface area (Å²) in [6.45, 7) is 5.66. The molecule has 2 heterocycles. The molecule has 2 fully saturated rings. The number of anilines is 1. The van der Waals surface area contributed by atoms with Gasteiger partial charge in [-0.15, -0.1) is 0 Å². The molecular formula is C17H23F4N3O4. The number of aromatic nitrogens is 2. The molecule has 0 aromatic carbocycles. The fraction of sp³-hybridized carbons (Fsp3) is 0.706. The molecule has 0 radical (unpaired) electrons. The first-order chi connectivity index (χ1) is 13.2. The van der Waals surface area contributed by atoms with Gasteiger partial charge in [-0.05, 0) is 19.8 Å². The molecule has 0 bridgehead atoms. The number of hydrogen-bond acceptors (Lipinski definition) is 6. The van der Waals surface area contributed by atoms with Gasteiger partial charge in [-0.1, -0.05) is 6.42 Å². The first kappa shape index (κ1) is 22.3. The predicted octanol–water partition coefficient (Wildman–Crippen LogP) is 2.66. The van der Waals surface area contributed by atoms with Crippen molar-refractivity contribution in [3.63, 3.8) is 0 Å². The molecule has 1 spiro atoms. The van der Waals surface area contributed by atoms with Crippen LogP contribution in [0.15, 0.2) is 12.4 Å². The van der Waals surface area contributed by atoms with Gasteiger partial charge in [0.05, 0.1) is 37.8 Å². The highest BCUT2D eigenvalue weighted by Gasteiger charge is 2.47. The summed E-state index contributed by atoms with van der Waals surface area (Å²) < 4.78 is 56.5. The molecule has 1 N–H and O–H groups in total. The van der Waals surface area contributed by atoms with Gasteiger partial charge in [0.1, 0.15) is 0 Å². The van der Waals surface area contributed by atoms with Crippen molar-refractivity contribution in [1.29, 1.82) is 0 Å². The van der Waals surface area contributed by atoms with E-state index in [1.807, 2.05) is 6.92 Å². The number of carboxylic acids is 1. The van der Waals surface area contributed by atoms with Crippen molar-refractivity contribution in [3.8, 4) is 0 Å². The average Bonchev–Trinajstić information content (AvgIpc) is 3.02. The van der Waals surface area contributed by atoms with Crippen LogP contribution in [0.2, 0.25) is 0 Å². The van der Waals surface area contributed by atoms with Gasteiger partial charge in [0.2, 0.25) is 5.95 Å². The van der Waals surface area contributed by atoms with Crippen LogP contribution in [0, 0.1) is 11.7 Å². The summed E-state index contributed by atoms with van der Waals surface area (Å²) in [4.78, 5) is 19.2. The highest BCUT2D eigenvalue weighted by atomic mass is 19.4. The molecule has 1 aliphatic carbocycles. The van der Waals surface area contributed by atoms with E-state index in [1.165, 1.54) is 12.4 Å². The average molecular weight is 409 g/mol. The van der Waals surface area contributed by atoms with E-state index in [0.29, 0.717) is 18.5 Å². The van der Waals surface area contributed by atoms with Gasteiger partial charge in [-0.25, -0.2) is 19.2 Å². The smallest absolute Gasteiger partial charge is 0.475 e. The van der Waals surface area contributed by atoms with Crippen molar-refractivity contribution in [3.05, 3.63) is 18.2 Å². The van der Waals surface area contributed by atoms with Crippen LogP contribution in [0.25, 0.3) is 0 Å². The Kier molecular flexibility index (Phi) is 7.53. The summed E-state index contributed by atoms with van der Waals surface area (Å²) in [5.41, 5.74) is -0.162. The molecule has 2 aliphatic rings. The van der Waals surface area contributed by atoms with E-state index in [0.717, 1.165) is 45.6 Å². The number of carboxylic acid groups (broad SMARTS) is 1. The van der Waals surface area contributed by atoms with Gasteiger partial charge in [-0.3, -0.25) is 0 Å². The minimum absolute atomic E-state index is 0.162. The number of morpholine rings is 1. The molecule has 1 aliphatic heterocycles. The molecule has 2 atom stereocenters. The number of rotatable bonds is 4. The SMILES string of the molecule is CCOC[C@H]1CCC[C@]12CN(c1ncc(F)cn1)CCO2.O=C(O)C(F)(F)F. The van der Waals surface area contributed by atoms with E-state index in [1.54, 1.807) is 0 Å². The summed E-state index contributed by atoms with van der Waals surface area (Å²) in [7, 11) is 0. The molecule has 11 heteroatoms. The number of hydrogen-bond donors (Lipinski definition) is 1. The summed E-state index contributed by atoms with van der Waals surface area (Å²) in [5, 5.41) is 7.12. The second kappa shape index (κ2) is 9.46. The second-order valence-corrected chi connectivity index (χ2v) is 6.59. The van der Waals surface area contributed by atoms with Crippen molar-refractivity contribution in [2.24, 2.45) is 5.92 Å². The summed E-state index contributed by atoms with van der Waals surface area (Å²) in [6, 6.07) is 0. The second-order valence-electron chi connectivity index (χ2n) is 6.59. The van der Waals surface area contributed by atoms with Crippen LogP contribution in [0.1, 0.15) is 26.2 Å². The molecule has 158 valence electrons. The Bertz CT molecular complexity index is 644. The van der Waals surface area contributed by atoms with Crippen LogP contribution in [0.5, 0.6) is 0 Å². The summed E-state index contributed by atoms with van der Waals surface area (Å²) in [5.74, 6) is -2.16. The Hall–Kier alpha value is -2.01. The van der Waals surface area contributed by atoms with Gasteiger partial charge < -0.3 is 19.5 Å². The largest absolute Gasteiger partial charge is 0.490 e. The molecule has 1 aromatic rings. The standard InChI is InChI=1S/C15H22FN3O2.C2HF3O2/c1-2-20-10-12-4-3-5-15(12)11-19(6-7-21-15)14-17-8-13(16)9-18-14;3-2(4,5)1(6)7/h8-9,12H,2-7,10-11H2,1H3;(H,6,7)/t12-,15+;/m1./s1. The van der Waals surface area contributed by atoms with E-state index < -0.39 is 18.0 Å². The normalized spacial score (nSPS) is 24.8. The molecule has 0 amide bonds. The quantitative estimate of drug-likeness (QED) is 0.766. The molecule has 0 unspecified atom stereocenters. The minimum atomic E-state index is -5.08. The number of carbonyl (C=O) groups is 1. The lowest BCUT2D eigenvalue weighted by molar-refractivity contribution is -0.192. The first-order valence-corrected chi connectivity index (χ1v) is 8.92. The zero-order chi connectivity index (χ0) is 20.8. The van der Waals surface area contributed by atoms with Crippen molar-refractivity contribution in [2.75, 3.05) is 37.8 Å². The summed E-state index contributed by atoms with van der Waals surface area (Å²) >= 11 is 0. The van der Waals surface area contributed by atoms with Crippen molar-refractivity contribution < 1.29 is 36.9 Å². The number of ether oxygens (including phenoxy) is 2. The van der Waals surface area contributed by atoms with E-state index in [-0.39, 0.29) is 5.60 Å². The molecule has 28 heavy (non-hydrogen) atoms. The summed E-state index contributed by atoms with van der Waals surface area (Å²) in [6.07, 6.45) is 0.698. The van der Waals surface area contributed by atoms with Gasteiger partial charge in [-0.2, -0.15) is 13.2 Å². The Morgan fingerprint density at radius 1 is 1.43 bits per heavy atom. The van der Waals surface area contributed by atoms with Crippen LogP contribution >= 0.6 is 0 Å². The van der Waals surface area contributed by atoms with Crippen LogP contribution < -0.4 is 4.90 Å². The van der Waals surface area contributed by atoms with Crippen LogP contribution in [0.3, 0.4) is 0 Å². The van der Waals surface area contributed by atoms with Gasteiger partial charge in [0.15, 0.2) is 5.82 Å². The van der Waals surface area contributed by atoms with E-state index in [9.17, 15) is 17.6 Å². The van der Waals surface area contributed by atoms with E-state index in [2.05, 4.69) is 14.9 Å². The van der Waals surface area contributed by atoms with Crippen LogP contribution in [0.4, 0.5) is 23.5 Å². The van der Waals surface area contributed by atoms with Gasteiger partial charge in [0, 0.05) is 19.1 Å².